The second-order valence-electron chi connectivity index (χ2n) is 9.28. The number of fused-ring (bicyclic) bond motifs is 2. The molecule has 0 radical (unpaired) electrons. The lowest BCUT2D eigenvalue weighted by molar-refractivity contribution is -0.146. The van der Waals surface area contributed by atoms with Gasteiger partial charge in [0.2, 0.25) is 5.91 Å². The third kappa shape index (κ3) is 6.26. The monoisotopic (exact) mass is 537 g/mol. The van der Waals surface area contributed by atoms with E-state index in [0.29, 0.717) is 48.2 Å². The van der Waals surface area contributed by atoms with Crippen LogP contribution in [-0.4, -0.2) is 78.1 Å². The van der Waals surface area contributed by atoms with Gasteiger partial charge in [-0.15, -0.1) is 0 Å². The number of rotatable bonds is 12. The molecule has 206 valence electrons. The summed E-state index contributed by atoms with van der Waals surface area (Å²) in [6.07, 6.45) is 2.06. The van der Waals surface area contributed by atoms with Crippen LogP contribution in [0, 0.1) is 0 Å². The maximum atomic E-state index is 13.3. The molecule has 0 saturated heterocycles. The number of anilines is 1. The van der Waals surface area contributed by atoms with Gasteiger partial charge in [0.1, 0.15) is 31.0 Å². The quantitative estimate of drug-likeness (QED) is 0.237. The van der Waals surface area contributed by atoms with E-state index in [1.54, 1.807) is 55.5 Å². The Morgan fingerprint density at radius 1 is 1.00 bits per heavy atom. The molecule has 11 heteroatoms. The number of amides is 3. The molecule has 0 bridgehead atoms. The Hall–Kier alpha value is -4.25. The second-order valence-corrected chi connectivity index (χ2v) is 9.28. The Morgan fingerprint density at radius 2 is 1.67 bits per heavy atom. The van der Waals surface area contributed by atoms with Crippen LogP contribution in [0.1, 0.15) is 53.3 Å². The van der Waals surface area contributed by atoms with Crippen molar-refractivity contribution in [2.45, 2.75) is 44.7 Å². The number of carboxylic acids is 1. The number of nitrogens with one attached hydrogen (secondary N) is 1. The van der Waals surface area contributed by atoms with Crippen LogP contribution in [0.2, 0.25) is 0 Å². The van der Waals surface area contributed by atoms with Gasteiger partial charge in [-0.1, -0.05) is 37.1 Å². The van der Waals surface area contributed by atoms with Crippen LogP contribution in [0.25, 0.3) is 0 Å². The molecule has 2 aliphatic rings. The average molecular weight is 538 g/mol. The van der Waals surface area contributed by atoms with Crippen LogP contribution in [0.15, 0.2) is 48.5 Å². The van der Waals surface area contributed by atoms with Crippen LogP contribution in [0.5, 0.6) is 5.75 Å². The van der Waals surface area contributed by atoms with Gasteiger partial charge >= 0.3 is 11.9 Å². The summed E-state index contributed by atoms with van der Waals surface area (Å²) < 4.78 is 11.0. The molecule has 3 amide bonds. The Labute approximate surface area is 225 Å². The molecule has 11 nitrogen and oxygen atoms in total. The van der Waals surface area contributed by atoms with E-state index < -0.39 is 36.5 Å². The highest BCUT2D eigenvalue weighted by Gasteiger charge is 2.36. The Bertz CT molecular complexity index is 1230. The highest BCUT2D eigenvalue weighted by atomic mass is 16.5. The summed E-state index contributed by atoms with van der Waals surface area (Å²) in [5.41, 5.74) is 1.15. The fourth-order valence-corrected chi connectivity index (χ4v) is 4.76. The van der Waals surface area contributed by atoms with Crippen LogP contribution >= 0.6 is 0 Å². The van der Waals surface area contributed by atoms with E-state index in [9.17, 15) is 29.1 Å². The second kappa shape index (κ2) is 12.5. The number of carbonyl (C=O) groups is 5. The van der Waals surface area contributed by atoms with E-state index >= 15 is 0 Å². The van der Waals surface area contributed by atoms with E-state index in [1.165, 1.54) is 4.90 Å². The fourth-order valence-electron chi connectivity index (χ4n) is 4.76. The number of hydrogen-bond donors (Lipinski definition) is 2. The Morgan fingerprint density at radius 3 is 2.33 bits per heavy atom. The number of nitrogens with zero attached hydrogens (tertiary/aromatic N) is 2. The average Bonchev–Trinajstić information content (AvgIpc) is 3.09. The number of para-hydroxylation sites is 2. The summed E-state index contributed by atoms with van der Waals surface area (Å²) in [6.45, 7) is 1.45. The normalized spacial score (nSPS) is 17.3. The number of benzene rings is 2. The summed E-state index contributed by atoms with van der Waals surface area (Å²) >= 11 is 0. The molecule has 2 N–H and O–H groups in total. The zero-order valence-corrected chi connectivity index (χ0v) is 21.6. The minimum absolute atomic E-state index is 0.0956. The minimum atomic E-state index is -1.18. The van der Waals surface area contributed by atoms with E-state index in [2.05, 4.69) is 5.32 Å². The maximum Gasteiger partial charge on any atom is 0.323 e. The Balaban J connectivity index is 1.36. The van der Waals surface area contributed by atoms with Gasteiger partial charge in [0.25, 0.3) is 11.8 Å². The van der Waals surface area contributed by atoms with Crippen LogP contribution in [0.3, 0.4) is 0 Å². The molecule has 2 aromatic rings. The van der Waals surface area contributed by atoms with Gasteiger partial charge in [-0.05, 0) is 44.0 Å². The summed E-state index contributed by atoms with van der Waals surface area (Å²) in [4.78, 5) is 65.0. The number of carbonyl (C=O) groups excluding carboxylic acids is 4. The minimum Gasteiger partial charge on any atom is -0.489 e. The molecule has 0 spiro atoms. The molecule has 0 fully saturated rings. The smallest absolute Gasteiger partial charge is 0.323 e. The maximum absolute atomic E-state index is 13.3. The third-order valence-corrected chi connectivity index (χ3v) is 6.65. The van der Waals surface area contributed by atoms with Gasteiger partial charge in [-0.3, -0.25) is 39.1 Å². The fraction of sp³-hybridized carbons (Fsp3) is 0.393. The molecule has 4 rings (SSSR count). The van der Waals surface area contributed by atoms with Crippen molar-refractivity contribution in [3.05, 3.63) is 59.7 Å². The lowest BCUT2D eigenvalue weighted by Gasteiger charge is -2.26. The van der Waals surface area contributed by atoms with Gasteiger partial charge < -0.3 is 14.6 Å². The zero-order valence-electron chi connectivity index (χ0n) is 21.6. The molecule has 1 unspecified atom stereocenters. The zero-order chi connectivity index (χ0) is 27.9. The predicted molar refractivity (Wildman–Crippen MR) is 140 cm³/mol. The van der Waals surface area contributed by atoms with Crippen LogP contribution in [0.4, 0.5) is 5.69 Å². The highest BCUT2D eigenvalue weighted by Crippen LogP contribution is 2.31. The molecule has 2 atom stereocenters. The number of imide groups is 1. The van der Waals surface area contributed by atoms with E-state index in [4.69, 9.17) is 9.47 Å². The lowest BCUT2D eigenvalue weighted by Crippen LogP contribution is -2.54. The lowest BCUT2D eigenvalue weighted by atomic mass is 10.1. The molecule has 2 heterocycles. The van der Waals surface area contributed by atoms with Gasteiger partial charge in [0.15, 0.2) is 0 Å². The molecule has 39 heavy (non-hydrogen) atoms. The molecular formula is C28H31N3O8. The van der Waals surface area contributed by atoms with Crippen molar-refractivity contribution in [2.24, 2.45) is 0 Å². The van der Waals surface area contributed by atoms with Gasteiger partial charge in [-0.2, -0.15) is 0 Å². The van der Waals surface area contributed by atoms with Crippen molar-refractivity contribution in [3.63, 3.8) is 0 Å². The van der Waals surface area contributed by atoms with E-state index in [0.717, 1.165) is 4.90 Å². The highest BCUT2D eigenvalue weighted by molar-refractivity contribution is 6.21. The molecule has 2 aromatic carbocycles. The molecule has 0 aromatic heterocycles. The van der Waals surface area contributed by atoms with Crippen molar-refractivity contribution in [2.75, 3.05) is 31.2 Å². The van der Waals surface area contributed by atoms with Crippen molar-refractivity contribution in [1.82, 2.24) is 10.2 Å². The topological polar surface area (TPSA) is 143 Å². The van der Waals surface area contributed by atoms with Gasteiger partial charge in [0.05, 0.1) is 23.4 Å². The molecular weight excluding hydrogens is 506 g/mol. The summed E-state index contributed by atoms with van der Waals surface area (Å²) in [5, 5.41) is 12.4. The van der Waals surface area contributed by atoms with Crippen molar-refractivity contribution in [3.8, 4) is 5.75 Å². The summed E-state index contributed by atoms with van der Waals surface area (Å²) in [6, 6.07) is 11.6. The number of ether oxygens (including phenoxy) is 2. The van der Waals surface area contributed by atoms with E-state index in [-0.39, 0.29) is 31.6 Å². The largest absolute Gasteiger partial charge is 0.489 e. The van der Waals surface area contributed by atoms with Crippen LogP contribution < -0.4 is 15.0 Å². The van der Waals surface area contributed by atoms with Gasteiger partial charge in [-0.25, -0.2) is 0 Å². The summed E-state index contributed by atoms with van der Waals surface area (Å²) in [7, 11) is 0. The van der Waals surface area contributed by atoms with Crippen molar-refractivity contribution in [1.29, 1.82) is 0 Å². The van der Waals surface area contributed by atoms with Gasteiger partial charge in [0, 0.05) is 6.54 Å². The van der Waals surface area contributed by atoms with E-state index in [1.807, 2.05) is 0 Å². The SMILES string of the molecule is CCOC(=O)C(CCCCCN1C(=O)c2ccccc2C1=O)N[C@H]1COc2ccccc2N(CC(=O)O)C1=O. The molecule has 0 saturated carbocycles. The number of carboxylic acid groups (broad SMARTS) is 1. The van der Waals surface area contributed by atoms with Crippen LogP contribution in [-0.2, 0) is 19.1 Å². The molecule has 2 aliphatic heterocycles. The number of unbranched alkanes of at least 4 members (excludes halogenated alkanes) is 2. The molecule has 0 aliphatic carbocycles. The first-order valence-corrected chi connectivity index (χ1v) is 12.9. The number of hydrogen-bond acceptors (Lipinski definition) is 8. The summed E-state index contributed by atoms with van der Waals surface area (Å²) in [5.74, 6) is -2.48. The standard InChI is InChI=1S/C28H31N3O8/c1-2-38-28(37)20(12-4-3-9-15-30-25(34)18-10-5-6-11-19(18)26(30)35)29-21-17-39-23-14-8-7-13-22(23)31(27(21)36)16-24(32)33/h5-8,10-11,13-14,20-21,29H,2-4,9,12,15-17H2,1H3,(H,32,33)/t20?,21-/m0/s1. The first-order valence-electron chi connectivity index (χ1n) is 12.9. The number of aliphatic carboxylic acids is 1. The Kier molecular flexibility index (Phi) is 8.92. The first-order chi connectivity index (χ1) is 18.8. The number of esters is 1. The first kappa shape index (κ1) is 27.8. The van der Waals surface area contributed by atoms with Crippen molar-refractivity contribution >= 4 is 35.3 Å². The predicted octanol–water partition coefficient (Wildman–Crippen LogP) is 2.24. The van der Waals surface area contributed by atoms with Crippen molar-refractivity contribution < 1.29 is 38.6 Å². The third-order valence-electron chi connectivity index (χ3n) is 6.65.